The Kier molecular flexibility index (Phi) is 7.06. The van der Waals surface area contributed by atoms with Gasteiger partial charge in [-0.1, -0.05) is 29.3 Å². The number of aliphatic imine (C=N–C) groups is 1. The third kappa shape index (κ3) is 5.95. The Hall–Kier alpha value is -1.10. The number of thioether (sulfide) groups is 1. The maximum absolute atomic E-state index is 12.2. The lowest BCUT2D eigenvalue weighted by Crippen LogP contribution is -2.48. The Morgan fingerprint density at radius 3 is 2.54 bits per heavy atom. The number of rotatable bonds is 5. The van der Waals surface area contributed by atoms with Crippen molar-refractivity contribution in [3.8, 4) is 0 Å². The van der Waals surface area contributed by atoms with E-state index >= 15 is 0 Å². The minimum atomic E-state index is -3.91. The van der Waals surface area contributed by atoms with Gasteiger partial charge in [-0.2, -0.15) is 13.4 Å². The molecule has 28 heavy (non-hydrogen) atoms. The van der Waals surface area contributed by atoms with Crippen molar-refractivity contribution < 1.29 is 17.8 Å². The molecule has 11 heteroatoms. The van der Waals surface area contributed by atoms with Crippen molar-refractivity contribution in [2.75, 3.05) is 38.5 Å². The number of halogens is 2. The molecule has 0 atom stereocenters. The van der Waals surface area contributed by atoms with E-state index in [0.29, 0.717) is 46.2 Å². The highest BCUT2D eigenvalue weighted by molar-refractivity contribution is 8.18. The van der Waals surface area contributed by atoms with Crippen LogP contribution in [0, 0.1) is 0 Å². The van der Waals surface area contributed by atoms with Crippen LogP contribution in [0.3, 0.4) is 0 Å². The number of piperazine rings is 1. The van der Waals surface area contributed by atoms with Crippen molar-refractivity contribution >= 4 is 62.2 Å². The van der Waals surface area contributed by atoms with Gasteiger partial charge in [-0.3, -0.25) is 14.2 Å². The lowest BCUT2D eigenvalue weighted by Gasteiger charge is -2.35. The summed E-state index contributed by atoms with van der Waals surface area (Å²) in [5, 5.41) is 1.56. The lowest BCUT2D eigenvalue weighted by atomic mass is 10.2. The highest BCUT2D eigenvalue weighted by Crippen LogP contribution is 2.32. The second-order valence-electron chi connectivity index (χ2n) is 6.45. The van der Waals surface area contributed by atoms with Gasteiger partial charge in [0.2, 0.25) is 0 Å². The van der Waals surface area contributed by atoms with E-state index in [-0.39, 0.29) is 11.7 Å². The highest BCUT2D eigenvalue weighted by atomic mass is 35.5. The molecule has 1 amide bonds. The van der Waals surface area contributed by atoms with Crippen molar-refractivity contribution in [3.05, 3.63) is 38.7 Å². The molecule has 7 nitrogen and oxygen atoms in total. The Morgan fingerprint density at radius 2 is 1.89 bits per heavy atom. The number of hydrogen-bond acceptors (Lipinski definition) is 6. The first-order valence-corrected chi connectivity index (χ1v) is 11.8. The number of amides is 1. The zero-order valence-electron chi connectivity index (χ0n) is 14.8. The predicted molar refractivity (Wildman–Crippen MR) is 114 cm³/mol. The Morgan fingerprint density at radius 1 is 1.18 bits per heavy atom. The van der Waals surface area contributed by atoms with Crippen LogP contribution in [0.1, 0.15) is 12.0 Å². The molecule has 0 unspecified atom stereocenters. The molecule has 1 aromatic rings. The van der Waals surface area contributed by atoms with Crippen LogP contribution < -0.4 is 0 Å². The number of amidine groups is 1. The zero-order valence-corrected chi connectivity index (χ0v) is 18.0. The second kappa shape index (κ2) is 9.15. The molecule has 1 aromatic carbocycles. The maximum atomic E-state index is 12.2. The smallest absolute Gasteiger partial charge is 0.286 e. The molecule has 0 aliphatic carbocycles. The molecule has 1 saturated heterocycles. The number of carbonyl (C=O) groups is 1. The van der Waals surface area contributed by atoms with Crippen LogP contribution in [0.15, 0.2) is 28.1 Å². The van der Waals surface area contributed by atoms with E-state index in [0.717, 1.165) is 18.7 Å². The summed E-state index contributed by atoms with van der Waals surface area (Å²) in [5.74, 6) is -0.505. The van der Waals surface area contributed by atoms with Crippen LogP contribution in [0.25, 0.3) is 6.08 Å². The van der Waals surface area contributed by atoms with Crippen LogP contribution in [-0.2, 0) is 14.9 Å². The highest BCUT2D eigenvalue weighted by Gasteiger charge is 2.28. The van der Waals surface area contributed by atoms with E-state index in [9.17, 15) is 13.2 Å². The van der Waals surface area contributed by atoms with Crippen LogP contribution in [-0.4, -0.2) is 72.3 Å². The summed E-state index contributed by atoms with van der Waals surface area (Å²) < 4.78 is 30.4. The van der Waals surface area contributed by atoms with E-state index in [1.165, 1.54) is 11.8 Å². The third-order valence-electron chi connectivity index (χ3n) is 4.37. The molecule has 0 radical (unpaired) electrons. The van der Waals surface area contributed by atoms with Gasteiger partial charge in [-0.25, -0.2) is 0 Å². The van der Waals surface area contributed by atoms with E-state index in [4.69, 9.17) is 27.8 Å². The molecule has 0 spiro atoms. The fourth-order valence-electron chi connectivity index (χ4n) is 2.92. The van der Waals surface area contributed by atoms with Crippen LogP contribution in [0.4, 0.5) is 0 Å². The van der Waals surface area contributed by atoms with Gasteiger partial charge >= 0.3 is 0 Å². The van der Waals surface area contributed by atoms with Gasteiger partial charge in [-0.15, -0.1) is 0 Å². The fraction of sp³-hybridized carbons (Fsp3) is 0.412. The van der Waals surface area contributed by atoms with Crippen LogP contribution in [0.5, 0.6) is 0 Å². The van der Waals surface area contributed by atoms with E-state index in [2.05, 4.69) is 14.8 Å². The Labute approximate surface area is 178 Å². The van der Waals surface area contributed by atoms with Gasteiger partial charge in [0, 0.05) is 26.2 Å². The molecule has 0 saturated carbocycles. The summed E-state index contributed by atoms with van der Waals surface area (Å²) in [7, 11) is -3.91. The largest absolute Gasteiger partial charge is 0.348 e. The molecule has 2 aliphatic rings. The molecule has 1 fully saturated rings. The van der Waals surface area contributed by atoms with Gasteiger partial charge in [0.05, 0.1) is 20.7 Å². The summed E-state index contributed by atoms with van der Waals surface area (Å²) in [6, 6.07) is 5.18. The van der Waals surface area contributed by atoms with Gasteiger partial charge in [0.25, 0.3) is 16.0 Å². The second-order valence-corrected chi connectivity index (χ2v) is 9.85. The number of carbonyl (C=O) groups excluding carboxylic acids is 1. The molecular weight excluding hydrogens is 445 g/mol. The first-order valence-electron chi connectivity index (χ1n) is 8.61. The molecule has 0 aromatic heterocycles. The minimum Gasteiger partial charge on any atom is -0.348 e. The van der Waals surface area contributed by atoms with Gasteiger partial charge in [0.15, 0.2) is 5.17 Å². The average molecular weight is 464 g/mol. The van der Waals surface area contributed by atoms with Crippen molar-refractivity contribution in [2.45, 2.75) is 6.42 Å². The first kappa shape index (κ1) is 21.6. The first-order chi connectivity index (χ1) is 13.2. The number of nitrogens with zero attached hydrogens (tertiary/aromatic N) is 3. The van der Waals surface area contributed by atoms with Crippen molar-refractivity contribution in [3.63, 3.8) is 0 Å². The van der Waals surface area contributed by atoms with Crippen molar-refractivity contribution in [2.24, 2.45) is 4.99 Å². The third-order valence-corrected chi connectivity index (χ3v) is 6.96. The van der Waals surface area contributed by atoms with Crippen molar-refractivity contribution in [1.82, 2.24) is 9.80 Å². The molecule has 3 rings (SSSR count). The molecule has 0 bridgehead atoms. The summed E-state index contributed by atoms with van der Waals surface area (Å²) in [5.41, 5.74) is 0.783. The van der Waals surface area contributed by atoms with Crippen LogP contribution in [0.2, 0.25) is 10.0 Å². The zero-order chi connectivity index (χ0) is 20.3. The summed E-state index contributed by atoms with van der Waals surface area (Å²) in [4.78, 5) is 21.1. The van der Waals surface area contributed by atoms with E-state index < -0.39 is 10.1 Å². The van der Waals surface area contributed by atoms with Gasteiger partial charge in [0.1, 0.15) is 0 Å². The van der Waals surface area contributed by atoms with Gasteiger partial charge < -0.3 is 4.90 Å². The topological polar surface area (TPSA) is 90.3 Å². The Bertz CT molecular complexity index is 926. The molecule has 2 heterocycles. The molecular formula is C17H19Cl2N3O4S2. The maximum Gasteiger partial charge on any atom is 0.286 e. The quantitative estimate of drug-likeness (QED) is 0.530. The molecule has 1 N–H and O–H groups in total. The average Bonchev–Trinajstić information content (AvgIpc) is 2.98. The monoisotopic (exact) mass is 463 g/mol. The molecule has 152 valence electrons. The number of hydrogen-bond donors (Lipinski definition) is 1. The lowest BCUT2D eigenvalue weighted by molar-refractivity contribution is -0.113. The minimum absolute atomic E-state index is 0.229. The SMILES string of the molecule is O=C1N=C(N2CCN(CCCS(=O)(=O)O)CC2)S/C1=C\c1ccc(Cl)c(Cl)c1. The normalized spacial score (nSPS) is 20.1. The standard InChI is InChI=1S/C17H19Cl2N3O4S2/c18-13-3-2-12(10-14(13)19)11-15-16(23)20-17(27-15)22-7-5-21(6-8-22)4-1-9-28(24,25)26/h2-3,10-11H,1,4-9H2,(H,24,25,26)/b15-11-. The van der Waals surface area contributed by atoms with E-state index in [1.807, 2.05) is 0 Å². The summed E-state index contributed by atoms with van der Waals surface area (Å²) >= 11 is 13.3. The molecule has 2 aliphatic heterocycles. The van der Waals surface area contributed by atoms with E-state index in [1.54, 1.807) is 24.3 Å². The summed E-state index contributed by atoms with van der Waals surface area (Å²) in [6.07, 6.45) is 2.14. The van der Waals surface area contributed by atoms with Crippen molar-refractivity contribution in [1.29, 1.82) is 0 Å². The summed E-state index contributed by atoms with van der Waals surface area (Å²) in [6.45, 7) is 3.49. The fourth-order valence-corrected chi connectivity index (χ4v) is 4.69. The Balaban J connectivity index is 1.53. The number of benzene rings is 1. The van der Waals surface area contributed by atoms with Crippen LogP contribution >= 0.6 is 35.0 Å². The van der Waals surface area contributed by atoms with Gasteiger partial charge in [-0.05, 0) is 48.5 Å². The predicted octanol–water partition coefficient (Wildman–Crippen LogP) is 2.86.